The molecule has 0 radical (unpaired) electrons. The number of rotatable bonds is 2. The lowest BCUT2D eigenvalue weighted by molar-refractivity contribution is -0.141. The topological polar surface area (TPSA) is 78.1 Å². The van der Waals surface area contributed by atoms with Crippen molar-refractivity contribution in [2.24, 2.45) is 7.05 Å². The molecule has 190 valence electrons. The molecular formula is C25H27F3N6O2. The van der Waals surface area contributed by atoms with Crippen molar-refractivity contribution in [2.75, 3.05) is 7.11 Å². The van der Waals surface area contributed by atoms with Gasteiger partial charge in [-0.2, -0.15) is 23.4 Å². The summed E-state index contributed by atoms with van der Waals surface area (Å²) in [5.74, 6) is 0.384. The molecule has 1 aliphatic heterocycles. The highest BCUT2D eigenvalue weighted by molar-refractivity contribution is 5.87. The zero-order chi connectivity index (χ0) is 25.8. The quantitative estimate of drug-likeness (QED) is 0.527. The number of amides is 1. The SMILES string of the molecule is COc1c2c(nn1C)CN(C(C)C)C(=O)CCCn1cc(c(C(F)(F)F)n1)C1=CCc3ncc-2cc31. The minimum absolute atomic E-state index is 0.0172. The van der Waals surface area contributed by atoms with Crippen LogP contribution in [0.1, 0.15) is 54.9 Å². The van der Waals surface area contributed by atoms with Gasteiger partial charge in [0.05, 0.1) is 30.6 Å². The van der Waals surface area contributed by atoms with E-state index >= 15 is 0 Å². The summed E-state index contributed by atoms with van der Waals surface area (Å²) in [6.07, 6.45) is 1.23. The van der Waals surface area contributed by atoms with Crippen LogP contribution < -0.4 is 4.74 Å². The van der Waals surface area contributed by atoms with Crippen LogP contribution >= 0.6 is 0 Å². The molecule has 0 unspecified atom stereocenters. The number of allylic oxidation sites excluding steroid dienone is 1. The maximum absolute atomic E-state index is 14.0. The first kappa shape index (κ1) is 24.1. The summed E-state index contributed by atoms with van der Waals surface area (Å²) in [7, 11) is 3.29. The van der Waals surface area contributed by atoms with Gasteiger partial charge in [-0.05, 0) is 31.9 Å². The molecule has 4 heterocycles. The van der Waals surface area contributed by atoms with Crippen molar-refractivity contribution in [1.82, 2.24) is 29.4 Å². The molecule has 1 amide bonds. The molecule has 5 rings (SSSR count). The van der Waals surface area contributed by atoms with Gasteiger partial charge in [-0.25, -0.2) is 4.68 Å². The summed E-state index contributed by atoms with van der Waals surface area (Å²) in [4.78, 5) is 19.5. The van der Waals surface area contributed by atoms with Crippen LogP contribution in [-0.2, 0) is 37.5 Å². The molecule has 36 heavy (non-hydrogen) atoms. The number of hydrogen-bond acceptors (Lipinski definition) is 5. The minimum atomic E-state index is -4.62. The highest BCUT2D eigenvalue weighted by Crippen LogP contribution is 2.42. The fraction of sp³-hybridized carbons (Fsp3) is 0.440. The second kappa shape index (κ2) is 8.79. The molecule has 4 bridgehead atoms. The monoisotopic (exact) mass is 500 g/mol. The van der Waals surface area contributed by atoms with Crippen LogP contribution in [-0.4, -0.2) is 48.5 Å². The number of carbonyl (C=O) groups is 1. The normalized spacial score (nSPS) is 16.1. The Morgan fingerprint density at radius 1 is 1.14 bits per heavy atom. The molecule has 2 aliphatic rings. The van der Waals surface area contributed by atoms with Gasteiger partial charge in [0.25, 0.3) is 0 Å². The van der Waals surface area contributed by atoms with Gasteiger partial charge in [-0.1, -0.05) is 6.08 Å². The zero-order valence-corrected chi connectivity index (χ0v) is 20.6. The Kier molecular flexibility index (Phi) is 5.88. The molecule has 8 nitrogen and oxygen atoms in total. The van der Waals surface area contributed by atoms with Crippen molar-refractivity contribution < 1.29 is 22.7 Å². The molecular weight excluding hydrogens is 473 g/mol. The third-order valence-corrected chi connectivity index (χ3v) is 6.67. The van der Waals surface area contributed by atoms with E-state index in [0.29, 0.717) is 52.4 Å². The van der Waals surface area contributed by atoms with Gasteiger partial charge < -0.3 is 9.64 Å². The number of halogens is 3. The number of aromatic nitrogens is 5. The summed E-state index contributed by atoms with van der Waals surface area (Å²) >= 11 is 0. The van der Waals surface area contributed by atoms with Crippen molar-refractivity contribution in [1.29, 1.82) is 0 Å². The third kappa shape index (κ3) is 4.06. The Labute approximate surface area is 206 Å². The smallest absolute Gasteiger partial charge is 0.435 e. The van der Waals surface area contributed by atoms with Crippen LogP contribution in [0.15, 0.2) is 24.5 Å². The van der Waals surface area contributed by atoms with Crippen molar-refractivity contribution in [3.8, 4) is 17.0 Å². The summed E-state index contributed by atoms with van der Waals surface area (Å²) in [5.41, 5.74) is 2.83. The van der Waals surface area contributed by atoms with Gasteiger partial charge in [0.1, 0.15) is 0 Å². The van der Waals surface area contributed by atoms with Crippen molar-refractivity contribution >= 4 is 11.5 Å². The fourth-order valence-electron chi connectivity index (χ4n) is 4.98. The number of pyridine rings is 1. The second-order valence-corrected chi connectivity index (χ2v) is 9.37. The van der Waals surface area contributed by atoms with Gasteiger partial charge in [0.2, 0.25) is 11.8 Å². The predicted octanol–water partition coefficient (Wildman–Crippen LogP) is 4.22. The highest BCUT2D eigenvalue weighted by atomic mass is 19.4. The molecule has 11 heteroatoms. The molecule has 0 saturated carbocycles. The molecule has 0 N–H and O–H groups in total. The number of carbonyl (C=O) groups excluding carboxylic acids is 1. The number of aryl methyl sites for hydroxylation is 2. The lowest BCUT2D eigenvalue weighted by Crippen LogP contribution is -2.36. The lowest BCUT2D eigenvalue weighted by atomic mass is 9.97. The standard InChI is InChI=1S/C25H27F3N6O2/c1-14(2)34-13-20-22(24(36-4)32(3)30-20)15-10-17-16(7-8-19(17)29-11-15)18-12-33(9-5-6-21(34)35)31-23(18)25(26,27)28/h7,10-12,14H,5-6,8-9,13H2,1-4H3. The maximum Gasteiger partial charge on any atom is 0.435 e. The first-order chi connectivity index (χ1) is 17.1. The molecule has 0 fully saturated rings. The van der Waals surface area contributed by atoms with Crippen LogP contribution in [0, 0.1) is 0 Å². The Hall–Kier alpha value is -3.63. The number of fused-ring (bicyclic) bond motifs is 6. The number of methoxy groups -OCH3 is 1. The van der Waals surface area contributed by atoms with Crippen LogP contribution in [0.2, 0.25) is 0 Å². The largest absolute Gasteiger partial charge is 0.481 e. The number of alkyl halides is 3. The average Bonchev–Trinajstić information content (AvgIpc) is 3.50. The van der Waals surface area contributed by atoms with E-state index in [2.05, 4.69) is 15.2 Å². The lowest BCUT2D eigenvalue weighted by Gasteiger charge is -2.26. The fourth-order valence-corrected chi connectivity index (χ4v) is 4.98. The second-order valence-electron chi connectivity index (χ2n) is 9.37. The van der Waals surface area contributed by atoms with Gasteiger partial charge >= 0.3 is 6.18 Å². The predicted molar refractivity (Wildman–Crippen MR) is 126 cm³/mol. The van der Waals surface area contributed by atoms with Crippen LogP contribution in [0.3, 0.4) is 0 Å². The molecule has 3 aromatic rings. The molecule has 1 aliphatic carbocycles. The summed E-state index contributed by atoms with van der Waals surface area (Å²) in [5, 5.41) is 8.51. The minimum Gasteiger partial charge on any atom is -0.481 e. The molecule has 0 spiro atoms. The van der Waals surface area contributed by atoms with E-state index in [0.717, 1.165) is 0 Å². The van der Waals surface area contributed by atoms with Gasteiger partial charge in [-0.15, -0.1) is 0 Å². The Morgan fingerprint density at radius 2 is 1.92 bits per heavy atom. The van der Waals surface area contributed by atoms with Crippen LogP contribution in [0.4, 0.5) is 13.2 Å². The first-order valence-corrected chi connectivity index (χ1v) is 11.8. The number of nitrogens with zero attached hydrogens (tertiary/aromatic N) is 6. The molecule has 0 aromatic carbocycles. The van der Waals surface area contributed by atoms with Crippen molar-refractivity contribution in [2.45, 2.75) is 58.4 Å². The third-order valence-electron chi connectivity index (χ3n) is 6.67. The van der Waals surface area contributed by atoms with E-state index in [4.69, 9.17) is 4.74 Å². The van der Waals surface area contributed by atoms with E-state index in [9.17, 15) is 18.0 Å². The van der Waals surface area contributed by atoms with Gasteiger partial charge in [0.15, 0.2) is 5.69 Å². The first-order valence-electron chi connectivity index (χ1n) is 11.8. The van der Waals surface area contributed by atoms with E-state index in [1.165, 1.54) is 18.0 Å². The van der Waals surface area contributed by atoms with E-state index in [1.807, 2.05) is 19.9 Å². The highest BCUT2D eigenvalue weighted by Gasteiger charge is 2.39. The average molecular weight is 501 g/mol. The Balaban J connectivity index is 1.73. The van der Waals surface area contributed by atoms with E-state index in [1.54, 1.807) is 28.9 Å². The van der Waals surface area contributed by atoms with Crippen LogP contribution in [0.25, 0.3) is 16.7 Å². The molecule has 0 atom stereocenters. The van der Waals surface area contributed by atoms with E-state index in [-0.39, 0.29) is 37.0 Å². The number of hydrogen-bond donors (Lipinski definition) is 0. The summed E-state index contributed by atoms with van der Waals surface area (Å²) < 4.78 is 50.5. The van der Waals surface area contributed by atoms with Crippen LogP contribution in [0.5, 0.6) is 5.88 Å². The molecule has 3 aromatic heterocycles. The van der Waals surface area contributed by atoms with E-state index < -0.39 is 11.9 Å². The summed E-state index contributed by atoms with van der Waals surface area (Å²) in [6.45, 7) is 4.32. The van der Waals surface area contributed by atoms with Gasteiger partial charge in [-0.3, -0.25) is 14.5 Å². The maximum atomic E-state index is 14.0. The Morgan fingerprint density at radius 3 is 2.61 bits per heavy atom. The summed E-state index contributed by atoms with van der Waals surface area (Å²) in [6, 6.07) is 1.73. The van der Waals surface area contributed by atoms with Crippen molar-refractivity contribution in [3.05, 3.63) is 52.7 Å². The zero-order valence-electron chi connectivity index (χ0n) is 20.6. The van der Waals surface area contributed by atoms with Crippen molar-refractivity contribution in [3.63, 3.8) is 0 Å². The Bertz CT molecular complexity index is 1370. The van der Waals surface area contributed by atoms with Gasteiger partial charge in [0, 0.05) is 61.6 Å². The number of ether oxygens (including phenoxy) is 1. The molecule has 0 saturated heterocycles.